The van der Waals surface area contributed by atoms with E-state index in [1.807, 2.05) is 11.9 Å². The summed E-state index contributed by atoms with van der Waals surface area (Å²) in [4.78, 5) is 16.1. The Morgan fingerprint density at radius 1 is 1.89 bits per heavy atom. The summed E-state index contributed by atoms with van der Waals surface area (Å²) in [7, 11) is 1.85. The van der Waals surface area contributed by atoms with Gasteiger partial charge in [0.2, 0.25) is 0 Å². The molecule has 9 heavy (non-hydrogen) atoms. The molecule has 1 rings (SSSR count). The molecular weight excluding hydrogens is 231 g/mol. The smallest absolute Gasteiger partial charge is 0.145 e. The highest BCUT2D eigenvalue weighted by Crippen LogP contribution is 2.15. The van der Waals surface area contributed by atoms with Gasteiger partial charge >= 0.3 is 0 Å². The fourth-order valence-corrected chi connectivity index (χ4v) is 1.51. The SMILES string of the molecule is CN1C=N[C@@H](I)C1C=O. The van der Waals surface area contributed by atoms with Crippen LogP contribution in [0.3, 0.4) is 0 Å². The van der Waals surface area contributed by atoms with E-state index in [1.165, 1.54) is 0 Å². The molecule has 0 bridgehead atoms. The highest BCUT2D eigenvalue weighted by molar-refractivity contribution is 14.1. The lowest BCUT2D eigenvalue weighted by Crippen LogP contribution is -2.31. The normalized spacial score (nSPS) is 33.3. The maximum atomic E-state index is 10.3. The molecule has 0 fully saturated rings. The van der Waals surface area contributed by atoms with E-state index in [0.29, 0.717) is 0 Å². The van der Waals surface area contributed by atoms with E-state index in [-0.39, 0.29) is 10.1 Å². The van der Waals surface area contributed by atoms with Crippen LogP contribution in [0.1, 0.15) is 0 Å². The van der Waals surface area contributed by atoms with Gasteiger partial charge in [0.1, 0.15) is 16.4 Å². The first kappa shape index (κ1) is 6.98. The molecule has 4 heteroatoms. The van der Waals surface area contributed by atoms with Crippen LogP contribution >= 0.6 is 22.6 Å². The molecule has 3 nitrogen and oxygen atoms in total. The average molecular weight is 238 g/mol. The topological polar surface area (TPSA) is 32.7 Å². The lowest BCUT2D eigenvalue weighted by atomic mass is 10.3. The first-order valence-electron chi connectivity index (χ1n) is 2.60. The molecule has 1 aliphatic rings. The zero-order chi connectivity index (χ0) is 6.85. The number of aliphatic imine (C=N–C) groups is 1. The molecule has 0 aromatic rings. The van der Waals surface area contributed by atoms with E-state index in [2.05, 4.69) is 27.6 Å². The van der Waals surface area contributed by atoms with Gasteiger partial charge < -0.3 is 9.69 Å². The lowest BCUT2D eigenvalue weighted by molar-refractivity contribution is -0.110. The minimum absolute atomic E-state index is 0.0504. The second-order valence-electron chi connectivity index (χ2n) is 1.93. The number of rotatable bonds is 1. The van der Waals surface area contributed by atoms with Gasteiger partial charge in [-0.2, -0.15) is 0 Å². The van der Waals surface area contributed by atoms with E-state index >= 15 is 0 Å². The first-order valence-corrected chi connectivity index (χ1v) is 3.85. The van der Waals surface area contributed by atoms with Crippen molar-refractivity contribution in [3.8, 4) is 0 Å². The molecule has 0 amide bonds. The summed E-state index contributed by atoms with van der Waals surface area (Å²) in [6, 6.07) is -0.0504. The Kier molecular flexibility index (Phi) is 2.05. The molecule has 0 saturated heterocycles. The largest absolute Gasteiger partial charge is 0.353 e. The monoisotopic (exact) mass is 238 g/mol. The van der Waals surface area contributed by atoms with E-state index in [9.17, 15) is 4.79 Å². The molecule has 1 unspecified atom stereocenters. The molecule has 0 saturated carbocycles. The molecule has 0 aromatic heterocycles. The third-order valence-corrected chi connectivity index (χ3v) is 2.34. The first-order chi connectivity index (χ1) is 4.25. The molecule has 0 aromatic carbocycles. The number of nitrogens with zero attached hydrogens (tertiary/aromatic N) is 2. The van der Waals surface area contributed by atoms with Gasteiger partial charge in [-0.15, -0.1) is 0 Å². The van der Waals surface area contributed by atoms with Crippen LogP contribution in [0, 0.1) is 0 Å². The number of hydrogen-bond acceptors (Lipinski definition) is 3. The molecule has 0 N–H and O–H groups in total. The van der Waals surface area contributed by atoms with Crippen LogP contribution in [0.15, 0.2) is 4.99 Å². The van der Waals surface area contributed by atoms with Crippen LogP contribution in [0.25, 0.3) is 0 Å². The van der Waals surface area contributed by atoms with E-state index in [1.54, 1.807) is 6.34 Å². The van der Waals surface area contributed by atoms with Crippen molar-refractivity contribution in [3.63, 3.8) is 0 Å². The fraction of sp³-hybridized carbons (Fsp3) is 0.600. The van der Waals surface area contributed by atoms with Gasteiger partial charge in [-0.3, -0.25) is 4.99 Å². The van der Waals surface area contributed by atoms with Crippen molar-refractivity contribution in [2.45, 2.75) is 10.1 Å². The summed E-state index contributed by atoms with van der Waals surface area (Å²) < 4.78 is 0.102. The van der Waals surface area contributed by atoms with Gasteiger partial charge in [0.05, 0.1) is 6.34 Å². The highest BCUT2D eigenvalue weighted by atomic mass is 127. The standard InChI is InChI=1S/C5H7IN2O/c1-8-3-7-5(6)4(8)2-9/h2-5H,1H3/t4?,5-/m1/s1. The average Bonchev–Trinajstić information content (AvgIpc) is 2.12. The summed E-state index contributed by atoms with van der Waals surface area (Å²) in [5, 5.41) is 0. The summed E-state index contributed by atoms with van der Waals surface area (Å²) >= 11 is 2.14. The van der Waals surface area contributed by atoms with Crippen LogP contribution in [0.2, 0.25) is 0 Å². The van der Waals surface area contributed by atoms with Crippen molar-refractivity contribution < 1.29 is 4.79 Å². The summed E-state index contributed by atoms with van der Waals surface area (Å²) in [5.41, 5.74) is 0. The van der Waals surface area contributed by atoms with Gasteiger partial charge in [-0.1, -0.05) is 22.6 Å². The maximum Gasteiger partial charge on any atom is 0.145 e. The Hall–Kier alpha value is -0.130. The Morgan fingerprint density at radius 3 is 2.78 bits per heavy atom. The number of carbonyl (C=O) groups excluding carboxylic acids is 1. The number of aldehydes is 1. The number of likely N-dealkylation sites (N-methyl/N-ethyl adjacent to an activating group) is 1. The van der Waals surface area contributed by atoms with Crippen LogP contribution in [-0.2, 0) is 4.79 Å². The Labute approximate surface area is 67.3 Å². The quantitative estimate of drug-likeness (QED) is 0.284. The molecule has 0 aliphatic carbocycles. The highest BCUT2D eigenvalue weighted by Gasteiger charge is 2.24. The second kappa shape index (κ2) is 2.64. The minimum atomic E-state index is -0.0504. The van der Waals surface area contributed by atoms with Crippen LogP contribution in [0.5, 0.6) is 0 Å². The predicted octanol–water partition coefficient (Wildman–Crippen LogP) is 0.289. The van der Waals surface area contributed by atoms with Crippen molar-refractivity contribution in [1.82, 2.24) is 4.90 Å². The van der Waals surface area contributed by atoms with Crippen molar-refractivity contribution in [1.29, 1.82) is 0 Å². The van der Waals surface area contributed by atoms with Gasteiger partial charge in [0, 0.05) is 7.05 Å². The van der Waals surface area contributed by atoms with Crippen molar-refractivity contribution in [3.05, 3.63) is 0 Å². The Balaban J connectivity index is 2.63. The van der Waals surface area contributed by atoms with Gasteiger partial charge in [-0.05, 0) is 0 Å². The van der Waals surface area contributed by atoms with Gasteiger partial charge in [0.25, 0.3) is 0 Å². The summed E-state index contributed by atoms with van der Waals surface area (Å²) in [6.07, 6.45) is 2.61. The number of carbonyl (C=O) groups is 1. The minimum Gasteiger partial charge on any atom is -0.353 e. The number of halogens is 1. The van der Waals surface area contributed by atoms with E-state index in [4.69, 9.17) is 0 Å². The van der Waals surface area contributed by atoms with E-state index < -0.39 is 0 Å². The Bertz CT molecular complexity index is 136. The Morgan fingerprint density at radius 2 is 2.56 bits per heavy atom. The van der Waals surface area contributed by atoms with Gasteiger partial charge in [-0.25, -0.2) is 0 Å². The van der Waals surface area contributed by atoms with Crippen molar-refractivity contribution >= 4 is 35.2 Å². The van der Waals surface area contributed by atoms with Gasteiger partial charge in [0.15, 0.2) is 0 Å². The molecule has 1 heterocycles. The predicted molar refractivity (Wildman–Crippen MR) is 43.9 cm³/mol. The summed E-state index contributed by atoms with van der Waals surface area (Å²) in [6.45, 7) is 0. The van der Waals surface area contributed by atoms with Crippen LogP contribution in [0.4, 0.5) is 0 Å². The van der Waals surface area contributed by atoms with Crippen LogP contribution < -0.4 is 0 Å². The number of hydrogen-bond donors (Lipinski definition) is 0. The van der Waals surface area contributed by atoms with Crippen molar-refractivity contribution in [2.24, 2.45) is 4.99 Å². The lowest BCUT2D eigenvalue weighted by Gasteiger charge is -2.13. The molecule has 0 radical (unpaired) electrons. The molecule has 0 spiro atoms. The van der Waals surface area contributed by atoms with Crippen LogP contribution in [-0.4, -0.2) is 34.7 Å². The fourth-order valence-electron chi connectivity index (χ4n) is 0.689. The third kappa shape index (κ3) is 1.23. The molecular formula is C5H7IN2O. The zero-order valence-corrected chi connectivity index (χ0v) is 7.15. The maximum absolute atomic E-state index is 10.3. The number of alkyl halides is 1. The summed E-state index contributed by atoms with van der Waals surface area (Å²) in [5.74, 6) is 0. The van der Waals surface area contributed by atoms with Crippen molar-refractivity contribution in [2.75, 3.05) is 7.05 Å². The zero-order valence-electron chi connectivity index (χ0n) is 4.99. The third-order valence-electron chi connectivity index (χ3n) is 1.28. The molecule has 50 valence electrons. The van der Waals surface area contributed by atoms with E-state index in [0.717, 1.165) is 6.29 Å². The molecule has 2 atom stereocenters. The molecule has 1 aliphatic heterocycles. The second-order valence-corrected chi connectivity index (χ2v) is 3.21.